The number of nitrogen functional groups attached to an aromatic ring is 1. The highest BCUT2D eigenvalue weighted by molar-refractivity contribution is 7.52. The number of aromatic amines is 1. The Labute approximate surface area is 238 Å². The van der Waals surface area contributed by atoms with E-state index in [1.54, 1.807) is 32.0 Å². The Bertz CT molecular complexity index is 1570. The number of aliphatic hydroxyl groups is 1. The van der Waals surface area contributed by atoms with Gasteiger partial charge in [-0.05, 0) is 56.5 Å². The molecule has 2 unspecified atom stereocenters. The van der Waals surface area contributed by atoms with E-state index < -0.39 is 62.1 Å². The second kappa shape index (κ2) is 12.2. The van der Waals surface area contributed by atoms with Crippen LogP contribution >= 0.6 is 19.3 Å². The number of carbonyl (C=O) groups is 1. The summed E-state index contributed by atoms with van der Waals surface area (Å²) in [4.78, 5) is 31.0. The third-order valence-corrected chi connectivity index (χ3v) is 7.71. The van der Waals surface area contributed by atoms with Crippen LogP contribution in [0.25, 0.3) is 11.0 Å². The van der Waals surface area contributed by atoms with Gasteiger partial charge in [0, 0.05) is 11.6 Å². The minimum Gasteiger partial charge on any atom is -0.462 e. The number of aliphatic hydroxyl groups excluding tert-OH is 1. The summed E-state index contributed by atoms with van der Waals surface area (Å²) in [6, 6.07) is 8.19. The molecule has 0 radical (unpaired) electrons. The molecule has 0 saturated carbocycles. The van der Waals surface area contributed by atoms with E-state index in [-0.39, 0.29) is 22.7 Å². The lowest BCUT2D eigenvalue weighted by Crippen LogP contribution is -2.42. The summed E-state index contributed by atoms with van der Waals surface area (Å²) >= 11 is 5.53. The molecular weight excluding hydrogens is 584 g/mol. The second-order valence-corrected chi connectivity index (χ2v) is 11.3. The van der Waals surface area contributed by atoms with Crippen LogP contribution in [0.1, 0.15) is 27.0 Å². The molecule has 41 heavy (non-hydrogen) atoms. The largest absolute Gasteiger partial charge is 0.462 e. The molecule has 16 heteroatoms. The predicted molar refractivity (Wildman–Crippen MR) is 147 cm³/mol. The SMILES string of the molecule is CC(C)OC(=O)[C@H](C)NP(=O)(OC[C@H]1O[C@@H](n2ccc3c(=O)[nH]c(N)nc32)C(F)(C#CCl)[C@H]1O)Oc1ccccc1. The Morgan fingerprint density at radius 1 is 1.37 bits per heavy atom. The van der Waals surface area contributed by atoms with Gasteiger partial charge < -0.3 is 29.4 Å². The number of aromatic nitrogens is 3. The van der Waals surface area contributed by atoms with Crippen LogP contribution in [0.15, 0.2) is 47.4 Å². The maximum atomic E-state index is 16.3. The van der Waals surface area contributed by atoms with E-state index in [0.717, 1.165) is 4.57 Å². The molecule has 4 rings (SSSR count). The summed E-state index contributed by atoms with van der Waals surface area (Å²) in [6.45, 7) is 4.01. The molecular formula is C25H28ClFN5O8P. The molecule has 2 aromatic heterocycles. The molecule has 0 aliphatic carbocycles. The van der Waals surface area contributed by atoms with Gasteiger partial charge in [-0.3, -0.25) is 19.1 Å². The zero-order valence-electron chi connectivity index (χ0n) is 22.1. The Hall–Kier alpha value is -3.44. The number of ether oxygens (including phenoxy) is 2. The first-order valence-corrected chi connectivity index (χ1v) is 14.3. The number of esters is 1. The van der Waals surface area contributed by atoms with Crippen molar-refractivity contribution >= 4 is 42.3 Å². The number of hydrogen-bond donors (Lipinski definition) is 4. The summed E-state index contributed by atoms with van der Waals surface area (Å²) in [7, 11) is -4.37. The van der Waals surface area contributed by atoms with E-state index in [0.29, 0.717) is 0 Å². The van der Waals surface area contributed by atoms with Crippen LogP contribution < -0.4 is 20.9 Å². The fourth-order valence-electron chi connectivity index (χ4n) is 4.12. The Kier molecular flexibility index (Phi) is 9.08. The summed E-state index contributed by atoms with van der Waals surface area (Å²) in [5.74, 6) is 1.29. The summed E-state index contributed by atoms with van der Waals surface area (Å²) < 4.78 is 53.3. The highest BCUT2D eigenvalue weighted by atomic mass is 35.5. The molecule has 1 aliphatic heterocycles. The van der Waals surface area contributed by atoms with Gasteiger partial charge >= 0.3 is 13.7 Å². The minimum atomic E-state index is -4.37. The molecule has 3 heterocycles. The highest BCUT2D eigenvalue weighted by Gasteiger charge is 2.58. The number of fused-ring (bicyclic) bond motifs is 1. The monoisotopic (exact) mass is 611 g/mol. The number of nitrogens with zero attached hydrogens (tertiary/aromatic N) is 2. The maximum absolute atomic E-state index is 16.3. The number of hydrogen-bond acceptors (Lipinski definition) is 10. The van der Waals surface area contributed by atoms with Gasteiger partial charge in [-0.1, -0.05) is 18.2 Å². The molecule has 0 amide bonds. The molecule has 13 nitrogen and oxygen atoms in total. The third kappa shape index (κ3) is 6.56. The van der Waals surface area contributed by atoms with Crippen molar-refractivity contribution in [3.63, 3.8) is 0 Å². The zero-order chi connectivity index (χ0) is 29.9. The molecule has 0 spiro atoms. The van der Waals surface area contributed by atoms with Crippen molar-refractivity contribution in [1.82, 2.24) is 19.6 Å². The molecule has 220 valence electrons. The molecule has 1 saturated heterocycles. The van der Waals surface area contributed by atoms with Crippen molar-refractivity contribution in [3.05, 3.63) is 52.9 Å². The molecule has 1 aromatic carbocycles. The smallest absolute Gasteiger partial charge is 0.459 e. The first kappa shape index (κ1) is 30.5. The third-order valence-electron chi connectivity index (χ3n) is 5.97. The number of H-pyrrole nitrogens is 1. The number of nitrogens with two attached hydrogens (primary N) is 1. The van der Waals surface area contributed by atoms with Crippen LogP contribution in [0.3, 0.4) is 0 Å². The molecule has 1 aliphatic rings. The van der Waals surface area contributed by atoms with Gasteiger partial charge in [0.25, 0.3) is 5.56 Å². The van der Waals surface area contributed by atoms with E-state index in [2.05, 4.69) is 21.0 Å². The number of benzene rings is 1. The van der Waals surface area contributed by atoms with Crippen molar-refractivity contribution in [2.75, 3.05) is 12.3 Å². The number of rotatable bonds is 10. The van der Waals surface area contributed by atoms with Crippen LogP contribution in [-0.2, 0) is 23.4 Å². The van der Waals surface area contributed by atoms with Gasteiger partial charge in [-0.15, -0.1) is 0 Å². The topological polar surface area (TPSA) is 180 Å². The van der Waals surface area contributed by atoms with Crippen LogP contribution in [0.2, 0.25) is 0 Å². The van der Waals surface area contributed by atoms with Crippen molar-refractivity contribution < 1.29 is 37.4 Å². The lowest BCUT2D eigenvalue weighted by atomic mass is 9.97. The number of para-hydroxylation sites is 1. The lowest BCUT2D eigenvalue weighted by Gasteiger charge is -2.25. The van der Waals surface area contributed by atoms with E-state index >= 15 is 4.39 Å². The van der Waals surface area contributed by atoms with E-state index in [9.17, 15) is 19.3 Å². The number of halogens is 2. The van der Waals surface area contributed by atoms with Crippen molar-refractivity contribution in [2.45, 2.75) is 57.0 Å². The van der Waals surface area contributed by atoms with Gasteiger partial charge in [0.2, 0.25) is 11.6 Å². The minimum absolute atomic E-state index is 0.0411. The Balaban J connectivity index is 1.62. The molecule has 5 N–H and O–H groups in total. The number of alkyl halides is 1. The van der Waals surface area contributed by atoms with E-state index in [4.69, 9.17) is 35.9 Å². The number of nitrogens with one attached hydrogen (secondary N) is 2. The van der Waals surface area contributed by atoms with Crippen molar-refractivity contribution in [3.8, 4) is 17.0 Å². The first-order valence-electron chi connectivity index (χ1n) is 12.4. The fourth-order valence-corrected chi connectivity index (χ4v) is 5.76. The van der Waals surface area contributed by atoms with Gasteiger partial charge in [0.05, 0.1) is 18.1 Å². The standard InChI is InChI=1S/C25H28ClFN5O8P/c1-14(2)38-22(35)15(3)31-41(36,40-16-7-5-4-6-8-16)37-13-18-19(33)25(27,10-11-26)23(39-18)32-12-9-17-20(32)29-24(28)30-21(17)34/h4-9,12,14-15,18-19,23,33H,13H2,1-3H3,(H,31,36)(H3,28,29,30,34)/t15-,18+,19-,23+,25?,41?/m0/s1. The summed E-state index contributed by atoms with van der Waals surface area (Å²) in [5.41, 5.74) is 2.22. The number of anilines is 1. The average molecular weight is 612 g/mol. The predicted octanol–water partition coefficient (Wildman–Crippen LogP) is 2.61. The van der Waals surface area contributed by atoms with Crippen molar-refractivity contribution in [2.24, 2.45) is 0 Å². The molecule has 6 atom stereocenters. The Morgan fingerprint density at radius 2 is 2.07 bits per heavy atom. The van der Waals surface area contributed by atoms with Crippen molar-refractivity contribution in [1.29, 1.82) is 0 Å². The van der Waals surface area contributed by atoms with Crippen LogP contribution in [0.4, 0.5) is 10.3 Å². The zero-order valence-corrected chi connectivity index (χ0v) is 23.8. The van der Waals surface area contributed by atoms with Gasteiger partial charge in [-0.25, -0.2) is 8.96 Å². The number of carbonyl (C=O) groups excluding carboxylic acids is 1. The normalized spacial score (nSPS) is 24.4. The van der Waals surface area contributed by atoms with E-state index in [1.165, 1.54) is 31.3 Å². The van der Waals surface area contributed by atoms with Crippen LogP contribution in [-0.4, -0.2) is 62.2 Å². The summed E-state index contributed by atoms with van der Waals surface area (Å²) in [5, 5.41) is 15.4. The second-order valence-electron chi connectivity index (χ2n) is 9.40. The van der Waals surface area contributed by atoms with Gasteiger partial charge in [-0.2, -0.15) is 10.1 Å². The molecule has 0 bridgehead atoms. The maximum Gasteiger partial charge on any atom is 0.459 e. The summed E-state index contributed by atoms with van der Waals surface area (Å²) in [6.07, 6.45) is -4.27. The fraction of sp³-hybridized carbons (Fsp3) is 0.400. The van der Waals surface area contributed by atoms with E-state index in [1.807, 2.05) is 5.38 Å². The van der Waals surface area contributed by atoms with Crippen LogP contribution in [0.5, 0.6) is 5.75 Å². The quantitative estimate of drug-likeness (QED) is 0.150. The van der Waals surface area contributed by atoms with Gasteiger partial charge in [0.1, 0.15) is 24.0 Å². The van der Waals surface area contributed by atoms with Crippen LogP contribution in [0, 0.1) is 11.3 Å². The molecule has 1 fully saturated rings. The lowest BCUT2D eigenvalue weighted by molar-refractivity contribution is -0.149. The molecule has 3 aromatic rings. The van der Waals surface area contributed by atoms with Gasteiger partial charge in [0.15, 0.2) is 11.9 Å². The average Bonchev–Trinajstić information content (AvgIpc) is 3.42. The highest BCUT2D eigenvalue weighted by Crippen LogP contribution is 2.48. The first-order chi connectivity index (χ1) is 19.4. The Morgan fingerprint density at radius 3 is 2.73 bits per heavy atom.